The largest absolute Gasteiger partial charge is 0.382 e. The van der Waals surface area contributed by atoms with Crippen molar-refractivity contribution >= 4 is 21.6 Å². The lowest BCUT2D eigenvalue weighted by molar-refractivity contribution is 0.624. The molecule has 0 aliphatic heterocycles. The van der Waals surface area contributed by atoms with E-state index in [1.54, 1.807) is 12.1 Å². The van der Waals surface area contributed by atoms with Crippen molar-refractivity contribution in [2.24, 2.45) is 0 Å². The van der Waals surface area contributed by atoms with Crippen LogP contribution >= 0.6 is 15.9 Å². The fraction of sp³-hybridized carbons (Fsp3) is 0.200. The molecule has 18 heavy (non-hydrogen) atoms. The van der Waals surface area contributed by atoms with Crippen LogP contribution in [0.15, 0.2) is 53.0 Å². The number of anilines is 1. The molecule has 0 bridgehead atoms. The Morgan fingerprint density at radius 3 is 2.56 bits per heavy atom. The standard InChI is InChI=1S/C15H15BrFN/c1-11(9-12-3-2-4-14(17)10-12)18-15-7-5-13(16)6-8-15/h2-8,10-11,18H,9H2,1H3. The molecule has 0 aliphatic carbocycles. The fourth-order valence-electron chi connectivity index (χ4n) is 1.90. The SMILES string of the molecule is CC(Cc1cccc(F)c1)Nc1ccc(Br)cc1. The lowest BCUT2D eigenvalue weighted by Crippen LogP contribution is -2.18. The quantitative estimate of drug-likeness (QED) is 0.868. The van der Waals surface area contributed by atoms with Crippen LogP contribution in [0, 0.1) is 5.82 Å². The van der Waals surface area contributed by atoms with Crippen LogP contribution in [-0.4, -0.2) is 6.04 Å². The van der Waals surface area contributed by atoms with Gasteiger partial charge in [0, 0.05) is 16.2 Å². The summed E-state index contributed by atoms with van der Waals surface area (Å²) in [6.07, 6.45) is 0.799. The first kappa shape index (κ1) is 13.1. The Morgan fingerprint density at radius 2 is 1.89 bits per heavy atom. The Balaban J connectivity index is 1.96. The average molecular weight is 308 g/mol. The van der Waals surface area contributed by atoms with Crippen LogP contribution in [0.2, 0.25) is 0 Å². The van der Waals surface area contributed by atoms with Crippen LogP contribution in [0.1, 0.15) is 12.5 Å². The summed E-state index contributed by atoms with van der Waals surface area (Å²) in [5.74, 6) is -0.177. The molecule has 1 unspecified atom stereocenters. The summed E-state index contributed by atoms with van der Waals surface area (Å²) in [6.45, 7) is 2.09. The Kier molecular flexibility index (Phi) is 4.37. The van der Waals surface area contributed by atoms with Crippen molar-refractivity contribution in [1.82, 2.24) is 0 Å². The third-order valence-corrected chi connectivity index (χ3v) is 3.22. The molecule has 0 fully saturated rings. The molecule has 1 atom stereocenters. The second-order valence-electron chi connectivity index (χ2n) is 4.39. The summed E-state index contributed by atoms with van der Waals surface area (Å²) in [7, 11) is 0. The maximum absolute atomic E-state index is 13.1. The van der Waals surface area contributed by atoms with E-state index < -0.39 is 0 Å². The van der Waals surface area contributed by atoms with Gasteiger partial charge in [-0.25, -0.2) is 4.39 Å². The van der Waals surface area contributed by atoms with E-state index in [1.165, 1.54) is 6.07 Å². The molecule has 3 heteroatoms. The zero-order valence-electron chi connectivity index (χ0n) is 10.2. The van der Waals surface area contributed by atoms with Gasteiger partial charge in [0.05, 0.1) is 0 Å². The molecule has 2 rings (SSSR count). The molecule has 0 aromatic heterocycles. The minimum absolute atomic E-state index is 0.177. The van der Waals surface area contributed by atoms with E-state index in [0.29, 0.717) is 0 Å². The van der Waals surface area contributed by atoms with E-state index in [0.717, 1.165) is 22.1 Å². The molecule has 0 heterocycles. The van der Waals surface area contributed by atoms with Crippen molar-refractivity contribution in [2.45, 2.75) is 19.4 Å². The Bertz CT molecular complexity index is 510. The molecular weight excluding hydrogens is 293 g/mol. The van der Waals surface area contributed by atoms with E-state index in [-0.39, 0.29) is 11.9 Å². The second-order valence-corrected chi connectivity index (χ2v) is 5.30. The van der Waals surface area contributed by atoms with Crippen LogP contribution < -0.4 is 5.32 Å². The van der Waals surface area contributed by atoms with Gasteiger partial charge in [0.25, 0.3) is 0 Å². The molecule has 1 N–H and O–H groups in total. The lowest BCUT2D eigenvalue weighted by Gasteiger charge is -2.15. The van der Waals surface area contributed by atoms with Crippen molar-refractivity contribution in [3.8, 4) is 0 Å². The average Bonchev–Trinajstić information content (AvgIpc) is 2.32. The van der Waals surface area contributed by atoms with Gasteiger partial charge < -0.3 is 5.32 Å². The van der Waals surface area contributed by atoms with Crippen molar-refractivity contribution in [3.05, 3.63) is 64.4 Å². The van der Waals surface area contributed by atoms with E-state index in [9.17, 15) is 4.39 Å². The molecule has 94 valence electrons. The van der Waals surface area contributed by atoms with E-state index in [4.69, 9.17) is 0 Å². The van der Waals surface area contributed by atoms with E-state index in [2.05, 4.69) is 28.2 Å². The molecule has 0 spiro atoms. The first-order chi connectivity index (χ1) is 8.63. The zero-order chi connectivity index (χ0) is 13.0. The van der Waals surface area contributed by atoms with Gasteiger partial charge in [-0.05, 0) is 55.3 Å². The highest BCUT2D eigenvalue weighted by molar-refractivity contribution is 9.10. The molecule has 0 aliphatic rings. The van der Waals surface area contributed by atoms with Gasteiger partial charge in [-0.1, -0.05) is 28.1 Å². The monoisotopic (exact) mass is 307 g/mol. The van der Waals surface area contributed by atoms with Crippen molar-refractivity contribution in [1.29, 1.82) is 0 Å². The van der Waals surface area contributed by atoms with Crippen molar-refractivity contribution in [2.75, 3.05) is 5.32 Å². The van der Waals surface area contributed by atoms with Crippen molar-refractivity contribution in [3.63, 3.8) is 0 Å². The molecule has 0 saturated carbocycles. The van der Waals surface area contributed by atoms with Crippen molar-refractivity contribution < 1.29 is 4.39 Å². The smallest absolute Gasteiger partial charge is 0.123 e. The van der Waals surface area contributed by atoms with Crippen LogP contribution in [0.5, 0.6) is 0 Å². The lowest BCUT2D eigenvalue weighted by atomic mass is 10.1. The molecular formula is C15H15BrFN. The molecule has 2 aromatic carbocycles. The third kappa shape index (κ3) is 3.84. The maximum atomic E-state index is 13.1. The molecule has 0 saturated heterocycles. The fourth-order valence-corrected chi connectivity index (χ4v) is 2.16. The number of hydrogen-bond acceptors (Lipinski definition) is 1. The maximum Gasteiger partial charge on any atom is 0.123 e. The summed E-state index contributed by atoms with van der Waals surface area (Å²) < 4.78 is 14.1. The van der Waals surface area contributed by atoms with Gasteiger partial charge in [0.1, 0.15) is 5.82 Å². The number of nitrogens with one attached hydrogen (secondary N) is 1. The van der Waals surface area contributed by atoms with Gasteiger partial charge in [-0.15, -0.1) is 0 Å². The first-order valence-corrected chi connectivity index (χ1v) is 6.69. The number of rotatable bonds is 4. The summed E-state index contributed by atoms with van der Waals surface area (Å²) in [5, 5.41) is 3.39. The van der Waals surface area contributed by atoms with E-state index in [1.807, 2.05) is 30.3 Å². The topological polar surface area (TPSA) is 12.0 Å². The Hall–Kier alpha value is -1.35. The molecule has 1 nitrogen and oxygen atoms in total. The van der Waals surface area contributed by atoms with Gasteiger partial charge in [-0.2, -0.15) is 0 Å². The Morgan fingerprint density at radius 1 is 1.17 bits per heavy atom. The first-order valence-electron chi connectivity index (χ1n) is 5.90. The van der Waals surface area contributed by atoms with Crippen LogP contribution in [0.25, 0.3) is 0 Å². The summed E-state index contributed by atoms with van der Waals surface area (Å²) in [4.78, 5) is 0. The highest BCUT2D eigenvalue weighted by atomic mass is 79.9. The molecule has 0 radical (unpaired) electrons. The summed E-state index contributed by atoms with van der Waals surface area (Å²) in [6, 6.07) is 15.0. The highest BCUT2D eigenvalue weighted by Crippen LogP contribution is 2.16. The van der Waals surface area contributed by atoms with Gasteiger partial charge >= 0.3 is 0 Å². The van der Waals surface area contributed by atoms with Crippen LogP contribution in [0.4, 0.5) is 10.1 Å². The van der Waals surface area contributed by atoms with Crippen LogP contribution in [-0.2, 0) is 6.42 Å². The highest BCUT2D eigenvalue weighted by Gasteiger charge is 2.04. The number of benzene rings is 2. The zero-order valence-corrected chi connectivity index (χ0v) is 11.7. The third-order valence-electron chi connectivity index (χ3n) is 2.69. The van der Waals surface area contributed by atoms with Crippen LogP contribution in [0.3, 0.4) is 0 Å². The predicted octanol–water partition coefficient (Wildman–Crippen LogP) is 4.63. The minimum atomic E-state index is -0.177. The summed E-state index contributed by atoms with van der Waals surface area (Å²) in [5.41, 5.74) is 2.08. The number of halogens is 2. The second kappa shape index (κ2) is 6.01. The number of hydrogen-bond donors (Lipinski definition) is 1. The minimum Gasteiger partial charge on any atom is -0.382 e. The molecule has 2 aromatic rings. The van der Waals surface area contributed by atoms with E-state index >= 15 is 0 Å². The Labute approximate surface area is 115 Å². The van der Waals surface area contributed by atoms with Gasteiger partial charge in [-0.3, -0.25) is 0 Å². The normalized spacial score (nSPS) is 12.2. The molecule has 0 amide bonds. The van der Waals surface area contributed by atoms with Gasteiger partial charge in [0.2, 0.25) is 0 Å². The summed E-state index contributed by atoms with van der Waals surface area (Å²) >= 11 is 3.40. The predicted molar refractivity (Wildman–Crippen MR) is 77.3 cm³/mol. The van der Waals surface area contributed by atoms with Gasteiger partial charge in [0.15, 0.2) is 0 Å².